The third-order valence-corrected chi connectivity index (χ3v) is 4.00. The highest BCUT2D eigenvalue weighted by atomic mass is 16.2. The Bertz CT molecular complexity index is 778. The molecule has 0 fully saturated rings. The summed E-state index contributed by atoms with van der Waals surface area (Å²) in [4.78, 5) is 48.4. The number of nitrogens with two attached hydrogens (primary N) is 9. The number of urea groups is 4. The predicted octanol–water partition coefficient (Wildman–Crippen LogP) is -5.37. The molecule has 0 atom stereocenters. The lowest BCUT2D eigenvalue weighted by molar-refractivity contribution is 0.245. The average Bonchev–Trinajstić information content (AvgIpc) is 2.80. The predicted molar refractivity (Wildman–Crippen MR) is 113 cm³/mol. The van der Waals surface area contributed by atoms with Gasteiger partial charge in [0.15, 0.2) is 0 Å². The summed E-state index contributed by atoms with van der Waals surface area (Å²) in [5, 5.41) is 1.45. The van der Waals surface area contributed by atoms with Gasteiger partial charge in [-0.3, -0.25) is 21.7 Å². The van der Waals surface area contributed by atoms with Gasteiger partial charge in [0.1, 0.15) is 11.4 Å². The average molecular weight is 459 g/mol. The van der Waals surface area contributed by atoms with Crippen molar-refractivity contribution in [3.8, 4) is 0 Å². The molecule has 21 nitrogen and oxygen atoms in total. The number of benzene rings is 1. The molecular weight excluding hydrogens is 434 g/mol. The summed E-state index contributed by atoms with van der Waals surface area (Å²) in [6.07, 6.45) is 0. The SMILES string of the molecule is Cc1c(N(N)C(=O)NN)c(N(N)C(=O)NN)c(N)c(N(N)C(=O)NN)c1N(N)C(=O)NN. The number of carbonyl (C=O) groups is 4. The smallest absolute Gasteiger partial charge is 0.350 e. The zero-order valence-corrected chi connectivity index (χ0v) is 16.6. The van der Waals surface area contributed by atoms with E-state index in [9.17, 15) is 19.2 Å². The van der Waals surface area contributed by atoms with Gasteiger partial charge < -0.3 is 5.73 Å². The lowest BCUT2D eigenvalue weighted by Gasteiger charge is -2.33. The summed E-state index contributed by atoms with van der Waals surface area (Å²) in [7, 11) is 0. The van der Waals surface area contributed by atoms with Crippen LogP contribution >= 0.6 is 0 Å². The lowest BCUT2D eigenvalue weighted by atomic mass is 10.0. The molecule has 21 heteroatoms. The summed E-state index contributed by atoms with van der Waals surface area (Å²) >= 11 is 0. The molecule has 1 aromatic rings. The molecule has 1 aromatic carbocycles. The van der Waals surface area contributed by atoms with Crippen molar-refractivity contribution < 1.29 is 19.2 Å². The molecule has 0 aromatic heterocycles. The molecule has 0 bridgehead atoms. The molecule has 0 aliphatic rings. The number of rotatable bonds is 4. The minimum absolute atomic E-state index is 0.165. The second-order valence-corrected chi connectivity index (χ2v) is 5.71. The van der Waals surface area contributed by atoms with E-state index in [0.717, 1.165) is 0 Å². The second kappa shape index (κ2) is 10.2. The molecule has 0 aliphatic heterocycles. The Morgan fingerprint density at radius 3 is 1.00 bits per heavy atom. The van der Waals surface area contributed by atoms with Gasteiger partial charge in [-0.2, -0.15) is 0 Å². The van der Waals surface area contributed by atoms with Crippen molar-refractivity contribution in [2.75, 3.05) is 25.8 Å². The van der Waals surface area contributed by atoms with Crippen LogP contribution in [-0.2, 0) is 0 Å². The molecule has 32 heavy (non-hydrogen) atoms. The summed E-state index contributed by atoms with van der Waals surface area (Å²) < 4.78 is 0. The van der Waals surface area contributed by atoms with Gasteiger partial charge in [0.05, 0.1) is 17.1 Å². The molecule has 0 spiro atoms. The molecule has 178 valence electrons. The first-order valence-electron chi connectivity index (χ1n) is 8.08. The van der Waals surface area contributed by atoms with E-state index in [1.54, 1.807) is 21.7 Å². The highest BCUT2D eigenvalue weighted by Gasteiger charge is 2.35. The number of nitrogens with one attached hydrogen (secondary N) is 4. The van der Waals surface area contributed by atoms with E-state index < -0.39 is 52.6 Å². The molecule has 0 radical (unpaired) electrons. The summed E-state index contributed by atoms with van der Waals surface area (Å²) in [5.74, 6) is 43.6. The van der Waals surface area contributed by atoms with Gasteiger partial charge in [-0.15, -0.1) is 0 Å². The molecule has 0 unspecified atom stereocenters. The van der Waals surface area contributed by atoms with Crippen LogP contribution in [0.4, 0.5) is 47.6 Å². The van der Waals surface area contributed by atoms with Crippen LogP contribution in [0, 0.1) is 6.92 Å². The number of hydrogen-bond donors (Lipinski definition) is 13. The Morgan fingerprint density at radius 2 is 0.781 bits per heavy atom. The Kier molecular flexibility index (Phi) is 8.23. The third-order valence-electron chi connectivity index (χ3n) is 4.00. The Hall–Kier alpha value is -4.22. The molecule has 8 amide bonds. The standard InChI is InChI=1S/C11H25N17O4/c1-2-4(25(17)8(29)21-13)6(27(19)10(31)23-15)3(12)7(28(20)11(32)24-16)5(2)26(18)9(30)22-14/h12-20H2,1H3,(H,21,29)(H,22,30)(H,23,31)(H,24,32). The van der Waals surface area contributed by atoms with Crippen molar-refractivity contribution in [1.82, 2.24) is 21.7 Å². The lowest BCUT2D eigenvalue weighted by Crippen LogP contribution is -2.54. The Labute approximate surface area is 179 Å². The van der Waals surface area contributed by atoms with E-state index in [4.69, 9.17) is 52.5 Å². The zero-order valence-electron chi connectivity index (χ0n) is 16.6. The van der Waals surface area contributed by atoms with E-state index >= 15 is 0 Å². The molecule has 0 saturated heterocycles. The van der Waals surface area contributed by atoms with Crippen molar-refractivity contribution in [3.63, 3.8) is 0 Å². The van der Waals surface area contributed by atoms with Gasteiger partial charge in [-0.25, -0.2) is 86.0 Å². The van der Waals surface area contributed by atoms with Crippen molar-refractivity contribution in [1.29, 1.82) is 0 Å². The first-order valence-corrected chi connectivity index (χ1v) is 8.08. The fraction of sp³-hybridized carbons (Fsp3) is 0.0909. The van der Waals surface area contributed by atoms with Gasteiger partial charge in [0, 0.05) is 5.56 Å². The van der Waals surface area contributed by atoms with Gasteiger partial charge >= 0.3 is 24.1 Å². The Balaban J connectivity index is 4.24. The van der Waals surface area contributed by atoms with Crippen molar-refractivity contribution in [2.45, 2.75) is 6.92 Å². The van der Waals surface area contributed by atoms with Crippen molar-refractivity contribution in [3.05, 3.63) is 5.56 Å². The Morgan fingerprint density at radius 1 is 0.562 bits per heavy atom. The number of hydrazine groups is 8. The highest BCUT2D eigenvalue weighted by Crippen LogP contribution is 2.49. The van der Waals surface area contributed by atoms with E-state index in [1.807, 2.05) is 0 Å². The minimum Gasteiger partial charge on any atom is -0.395 e. The molecule has 0 saturated carbocycles. The number of anilines is 5. The molecule has 0 aliphatic carbocycles. The van der Waals surface area contributed by atoms with Gasteiger partial charge in [0.25, 0.3) is 0 Å². The number of amides is 8. The molecular formula is C11H25N17O4. The highest BCUT2D eigenvalue weighted by molar-refractivity contribution is 6.14. The van der Waals surface area contributed by atoms with Gasteiger partial charge in [-0.05, 0) is 6.92 Å². The minimum atomic E-state index is -1.14. The van der Waals surface area contributed by atoms with Gasteiger partial charge in [0.2, 0.25) is 0 Å². The first-order chi connectivity index (χ1) is 14.9. The molecule has 22 N–H and O–H groups in total. The van der Waals surface area contributed by atoms with Gasteiger partial charge in [-0.1, -0.05) is 0 Å². The monoisotopic (exact) mass is 459 g/mol. The van der Waals surface area contributed by atoms with Crippen molar-refractivity contribution >= 4 is 52.6 Å². The number of nitrogen functional groups attached to an aromatic ring is 1. The van der Waals surface area contributed by atoms with E-state index in [-0.39, 0.29) is 5.56 Å². The summed E-state index contributed by atoms with van der Waals surface area (Å²) in [6.45, 7) is 1.26. The van der Waals surface area contributed by atoms with Crippen LogP contribution in [0.2, 0.25) is 0 Å². The molecule has 1 rings (SSSR count). The van der Waals surface area contributed by atoms with Crippen LogP contribution in [0.3, 0.4) is 0 Å². The summed E-state index contributed by atoms with van der Waals surface area (Å²) in [6, 6.07) is -4.53. The van der Waals surface area contributed by atoms with Crippen LogP contribution < -0.4 is 94.2 Å². The van der Waals surface area contributed by atoms with Crippen LogP contribution in [-0.4, -0.2) is 24.1 Å². The maximum Gasteiger partial charge on any atom is 0.350 e. The largest absolute Gasteiger partial charge is 0.395 e. The van der Waals surface area contributed by atoms with Crippen LogP contribution in [0.25, 0.3) is 0 Å². The first kappa shape index (κ1) is 25.8. The maximum atomic E-state index is 12.1. The normalized spacial score (nSPS) is 10.0. The van der Waals surface area contributed by atoms with Crippen LogP contribution in [0.15, 0.2) is 0 Å². The van der Waals surface area contributed by atoms with Crippen LogP contribution in [0.1, 0.15) is 5.56 Å². The van der Waals surface area contributed by atoms with Crippen LogP contribution in [0.5, 0.6) is 0 Å². The fourth-order valence-corrected chi connectivity index (χ4v) is 2.60. The number of hydrogen-bond acceptors (Lipinski definition) is 13. The fourth-order valence-electron chi connectivity index (χ4n) is 2.60. The van der Waals surface area contributed by atoms with E-state index in [0.29, 0.717) is 20.0 Å². The zero-order chi connectivity index (χ0) is 24.9. The quantitative estimate of drug-likeness (QED) is 0.0865. The van der Waals surface area contributed by atoms with E-state index in [2.05, 4.69) is 0 Å². The van der Waals surface area contributed by atoms with Crippen molar-refractivity contribution in [2.24, 2.45) is 46.7 Å². The second-order valence-electron chi connectivity index (χ2n) is 5.71. The maximum absolute atomic E-state index is 12.1. The number of nitrogens with zero attached hydrogens (tertiary/aromatic N) is 4. The summed E-state index contributed by atoms with van der Waals surface area (Å²) in [5.41, 5.74) is 10.5. The number of carbonyl (C=O) groups excluding carboxylic acids is 4. The third kappa shape index (κ3) is 4.43. The topological polar surface area (TPSA) is 364 Å². The van der Waals surface area contributed by atoms with E-state index in [1.165, 1.54) is 6.92 Å². The molecule has 0 heterocycles.